The number of carbonyl (C=O) groups excluding carboxylic acids is 3. The van der Waals surface area contributed by atoms with Gasteiger partial charge in [-0.2, -0.15) is 0 Å². The molecule has 12 heteroatoms. The van der Waals surface area contributed by atoms with Crippen molar-refractivity contribution in [2.45, 2.75) is 39.5 Å². The van der Waals surface area contributed by atoms with Gasteiger partial charge in [0.1, 0.15) is 5.78 Å². The molecule has 0 amide bonds. The first-order valence-corrected chi connectivity index (χ1v) is 15.1. The highest BCUT2D eigenvalue weighted by Crippen LogP contribution is 2.41. The lowest BCUT2D eigenvalue weighted by Crippen LogP contribution is -2.11. The molecule has 0 radical (unpaired) electrons. The van der Waals surface area contributed by atoms with E-state index < -0.39 is 17.7 Å². The number of carbonyl (C=O) groups is 4. The summed E-state index contributed by atoms with van der Waals surface area (Å²) in [5.41, 5.74) is 0. The van der Waals surface area contributed by atoms with E-state index in [4.69, 9.17) is 24.1 Å². The number of benzene rings is 2. The minimum absolute atomic E-state index is 0.0560. The number of carboxylic acids is 1. The monoisotopic (exact) mass is 630 g/mol. The highest BCUT2D eigenvalue weighted by molar-refractivity contribution is 7.21. The Hall–Kier alpha value is -4.03. The Balaban J connectivity index is 1.41. The Morgan fingerprint density at radius 1 is 0.837 bits per heavy atom. The summed E-state index contributed by atoms with van der Waals surface area (Å²) >= 11 is 2.40. The molecule has 2 aromatic carbocycles. The van der Waals surface area contributed by atoms with Gasteiger partial charge in [-0.15, -0.1) is 22.7 Å². The number of aliphatic carboxylic acids is 1. The third kappa shape index (κ3) is 7.49. The predicted molar refractivity (Wildman–Crippen MR) is 162 cm³/mol. The van der Waals surface area contributed by atoms with Crippen LogP contribution >= 0.6 is 22.7 Å². The van der Waals surface area contributed by atoms with Crippen LogP contribution in [0, 0.1) is 11.7 Å². The number of ketones is 3. The number of fused-ring (bicyclic) bond motifs is 2. The van der Waals surface area contributed by atoms with Gasteiger partial charge in [0.25, 0.3) is 0 Å². The molecule has 0 unspecified atom stereocenters. The number of hydrogen-bond acceptors (Lipinski definition) is 10. The number of methoxy groups -OCH3 is 2. The van der Waals surface area contributed by atoms with Gasteiger partial charge in [-0.25, -0.2) is 4.39 Å². The summed E-state index contributed by atoms with van der Waals surface area (Å²) < 4.78 is 39.3. The molecule has 0 aliphatic rings. The molecule has 0 spiro atoms. The molecular formula is C31H31FO9S2. The quantitative estimate of drug-likeness (QED) is 0.103. The summed E-state index contributed by atoms with van der Waals surface area (Å²) in [5, 5.41) is 9.85. The fraction of sp³-hybridized carbons (Fsp3) is 0.355. The lowest BCUT2D eigenvalue weighted by molar-refractivity contribution is -0.137. The van der Waals surface area contributed by atoms with Crippen molar-refractivity contribution in [2.75, 3.05) is 27.4 Å². The third-order valence-corrected chi connectivity index (χ3v) is 9.06. The molecule has 2 heterocycles. The van der Waals surface area contributed by atoms with Crippen molar-refractivity contribution in [3.8, 4) is 23.0 Å². The highest BCUT2D eigenvalue weighted by Gasteiger charge is 2.22. The molecule has 4 rings (SSSR count). The zero-order chi connectivity index (χ0) is 31.3. The van der Waals surface area contributed by atoms with Gasteiger partial charge in [-0.1, -0.05) is 6.92 Å². The number of carboxylic acid groups (broad SMARTS) is 1. The summed E-state index contributed by atoms with van der Waals surface area (Å²) in [5.74, 6) is -1.57. The van der Waals surface area contributed by atoms with Crippen LogP contribution < -0.4 is 18.9 Å². The van der Waals surface area contributed by atoms with Gasteiger partial charge in [0.05, 0.1) is 43.6 Å². The van der Waals surface area contributed by atoms with Crippen LogP contribution in [0.4, 0.5) is 4.39 Å². The van der Waals surface area contributed by atoms with Crippen LogP contribution in [0.3, 0.4) is 0 Å². The van der Waals surface area contributed by atoms with E-state index in [-0.39, 0.29) is 66.7 Å². The first-order chi connectivity index (χ1) is 20.5. The molecule has 0 aliphatic heterocycles. The maximum absolute atomic E-state index is 15.5. The van der Waals surface area contributed by atoms with E-state index in [9.17, 15) is 19.2 Å². The van der Waals surface area contributed by atoms with E-state index in [1.807, 2.05) is 0 Å². The number of halogens is 1. The van der Waals surface area contributed by atoms with Gasteiger partial charge < -0.3 is 24.1 Å². The molecule has 2 aromatic heterocycles. The molecule has 0 saturated carbocycles. The lowest BCUT2D eigenvalue weighted by atomic mass is 10.00. The molecule has 9 nitrogen and oxygen atoms in total. The van der Waals surface area contributed by atoms with Crippen LogP contribution in [0.25, 0.3) is 20.2 Å². The minimum atomic E-state index is -1.03. The maximum Gasteiger partial charge on any atom is 0.303 e. The van der Waals surface area contributed by atoms with E-state index in [1.165, 1.54) is 38.5 Å². The van der Waals surface area contributed by atoms with Crippen LogP contribution in [0.2, 0.25) is 0 Å². The second kappa shape index (κ2) is 14.0. The van der Waals surface area contributed by atoms with Crippen molar-refractivity contribution in [1.82, 2.24) is 0 Å². The van der Waals surface area contributed by atoms with E-state index >= 15 is 4.39 Å². The largest absolute Gasteiger partial charge is 0.493 e. The van der Waals surface area contributed by atoms with Gasteiger partial charge in [0.15, 0.2) is 40.4 Å². The third-order valence-electron chi connectivity index (χ3n) is 6.80. The molecule has 43 heavy (non-hydrogen) atoms. The summed E-state index contributed by atoms with van der Waals surface area (Å²) in [4.78, 5) is 48.2. The standard InChI is InChI=1S/C31H31FO9S2/c1-16(17(2)33)10-21(35)28-13-19-26(43-28)15-24(39-4)31(30(19)32)41-9-5-8-40-23-11-18-12-27(20(34)6-7-29(36)37)42-25(18)14-22(23)38-3/h11-16H,5-10H2,1-4H3,(H,36,37)/t16-/m0/s1. The van der Waals surface area contributed by atoms with Crippen LogP contribution in [0.15, 0.2) is 30.3 Å². The van der Waals surface area contributed by atoms with Crippen LogP contribution in [-0.4, -0.2) is 55.9 Å². The van der Waals surface area contributed by atoms with Gasteiger partial charge in [0, 0.05) is 52.1 Å². The number of hydrogen-bond donors (Lipinski definition) is 1. The van der Waals surface area contributed by atoms with E-state index in [0.29, 0.717) is 32.4 Å². The average Bonchev–Trinajstić information content (AvgIpc) is 3.60. The molecule has 0 bridgehead atoms. The smallest absolute Gasteiger partial charge is 0.303 e. The SMILES string of the molecule is COc1cc2sc(C(=O)CCC(=O)O)cc2cc1OCCCOc1c(OC)cc2sc(C(=O)C[C@H](C)C(C)=O)cc2c1F. The maximum atomic E-state index is 15.5. The van der Waals surface area contributed by atoms with Crippen LogP contribution in [0.5, 0.6) is 23.0 Å². The van der Waals surface area contributed by atoms with Crippen molar-refractivity contribution in [3.05, 3.63) is 45.9 Å². The molecule has 4 aromatic rings. The first kappa shape index (κ1) is 31.9. The van der Waals surface area contributed by atoms with Gasteiger partial charge in [-0.05, 0) is 30.5 Å². The Labute approximate surface area is 255 Å². The van der Waals surface area contributed by atoms with Gasteiger partial charge in [0.2, 0.25) is 0 Å². The Kier molecular flexibility index (Phi) is 10.4. The Bertz CT molecular complexity index is 1690. The van der Waals surface area contributed by atoms with Crippen LogP contribution in [-0.2, 0) is 9.59 Å². The molecular weight excluding hydrogens is 599 g/mol. The average molecular weight is 631 g/mol. The number of Topliss-reactive ketones (excluding diaryl/α,β-unsaturated/α-hetero) is 3. The normalized spacial score (nSPS) is 11.8. The molecule has 1 atom stereocenters. The molecule has 228 valence electrons. The van der Waals surface area contributed by atoms with Crippen molar-refractivity contribution in [1.29, 1.82) is 0 Å². The zero-order valence-corrected chi connectivity index (χ0v) is 25.7. The minimum Gasteiger partial charge on any atom is -0.493 e. The first-order valence-electron chi connectivity index (χ1n) is 13.5. The zero-order valence-electron chi connectivity index (χ0n) is 24.1. The van der Waals surface area contributed by atoms with Gasteiger partial charge in [-0.3, -0.25) is 19.2 Å². The Morgan fingerprint density at radius 2 is 1.49 bits per heavy atom. The molecule has 0 fully saturated rings. The van der Waals surface area contributed by atoms with Crippen molar-refractivity contribution >= 4 is 66.2 Å². The van der Waals surface area contributed by atoms with Gasteiger partial charge >= 0.3 is 5.97 Å². The molecule has 0 aliphatic carbocycles. The number of thiophene rings is 2. The summed E-state index contributed by atoms with van der Waals surface area (Å²) in [7, 11) is 2.91. The number of ether oxygens (including phenoxy) is 4. The van der Waals surface area contributed by atoms with E-state index in [0.717, 1.165) is 21.4 Å². The van der Waals surface area contributed by atoms with Crippen molar-refractivity contribution in [2.24, 2.45) is 5.92 Å². The second-order valence-electron chi connectivity index (χ2n) is 9.90. The van der Waals surface area contributed by atoms with E-state index in [1.54, 1.807) is 31.2 Å². The molecule has 0 saturated heterocycles. The van der Waals surface area contributed by atoms with Crippen molar-refractivity contribution in [3.63, 3.8) is 0 Å². The summed E-state index contributed by atoms with van der Waals surface area (Å²) in [6.07, 6.45) is 0.139. The fourth-order valence-electron chi connectivity index (χ4n) is 4.26. The Morgan fingerprint density at radius 3 is 2.16 bits per heavy atom. The predicted octanol–water partition coefficient (Wildman–Crippen LogP) is 6.97. The second-order valence-corrected chi connectivity index (χ2v) is 12.1. The van der Waals surface area contributed by atoms with Crippen LogP contribution in [0.1, 0.15) is 58.9 Å². The molecule has 1 N–H and O–H groups in total. The summed E-state index contributed by atoms with van der Waals surface area (Å²) in [6.45, 7) is 3.45. The highest BCUT2D eigenvalue weighted by atomic mass is 32.1. The lowest BCUT2D eigenvalue weighted by Gasteiger charge is -2.13. The summed E-state index contributed by atoms with van der Waals surface area (Å²) in [6, 6.07) is 8.33. The number of rotatable bonds is 16. The fourth-order valence-corrected chi connectivity index (χ4v) is 6.34. The topological polar surface area (TPSA) is 125 Å². The van der Waals surface area contributed by atoms with Crippen molar-refractivity contribution < 1.29 is 47.6 Å². The van der Waals surface area contributed by atoms with E-state index in [2.05, 4.69) is 0 Å².